The first-order valence-electron chi connectivity index (χ1n) is 10.2. The fourth-order valence-electron chi connectivity index (χ4n) is 3.29. The van der Waals surface area contributed by atoms with Gasteiger partial charge in [-0.3, -0.25) is 9.69 Å². The zero-order valence-electron chi connectivity index (χ0n) is 18.7. The normalized spacial score (nSPS) is 16.0. The van der Waals surface area contributed by atoms with Crippen molar-refractivity contribution >= 4 is 29.9 Å². The van der Waals surface area contributed by atoms with Crippen LogP contribution in [0.5, 0.6) is 0 Å². The second kappa shape index (κ2) is 11.1. The minimum atomic E-state index is -0.731. The van der Waals surface area contributed by atoms with Gasteiger partial charge in [0.1, 0.15) is 17.9 Å². The number of aldehydes is 1. The van der Waals surface area contributed by atoms with E-state index in [-0.39, 0.29) is 19.0 Å². The van der Waals surface area contributed by atoms with E-state index in [1.807, 2.05) is 36.4 Å². The Morgan fingerprint density at radius 1 is 1.00 bits per heavy atom. The molecule has 172 valence electrons. The Labute approximate surface area is 193 Å². The van der Waals surface area contributed by atoms with E-state index in [2.05, 4.69) is 0 Å². The number of hydrogen-bond acceptors (Lipinski definition) is 5. The van der Waals surface area contributed by atoms with E-state index in [0.29, 0.717) is 23.4 Å². The van der Waals surface area contributed by atoms with Crippen molar-refractivity contribution in [2.45, 2.75) is 32.4 Å². The lowest BCUT2D eigenvalue weighted by atomic mass is 10.0. The van der Waals surface area contributed by atoms with Gasteiger partial charge in [0.2, 0.25) is 0 Å². The third-order valence-electron chi connectivity index (χ3n) is 4.80. The van der Waals surface area contributed by atoms with Gasteiger partial charge in [-0.2, -0.15) is 0 Å². The lowest BCUT2D eigenvalue weighted by Gasteiger charge is -2.39. The first-order chi connectivity index (χ1) is 15.2. The summed E-state index contributed by atoms with van der Waals surface area (Å²) in [7, 11) is 1.00. The van der Waals surface area contributed by atoms with Crippen LogP contribution in [0, 0.1) is 0 Å². The van der Waals surface area contributed by atoms with E-state index in [9.17, 15) is 14.4 Å². The molecule has 1 saturated heterocycles. The van der Waals surface area contributed by atoms with Gasteiger partial charge in [0, 0.05) is 37.3 Å². The van der Waals surface area contributed by atoms with E-state index in [0.717, 1.165) is 18.2 Å². The zero-order valence-corrected chi connectivity index (χ0v) is 19.5. The number of ether oxygens (including phenoxy) is 1. The summed E-state index contributed by atoms with van der Waals surface area (Å²) in [5.41, 5.74) is 1.86. The Hall–Kier alpha value is -2.90. The highest BCUT2D eigenvalue weighted by Crippen LogP contribution is 2.23. The smallest absolute Gasteiger partial charge is 0.411 e. The zero-order chi connectivity index (χ0) is 23.9. The van der Waals surface area contributed by atoms with Gasteiger partial charge in [-0.25, -0.2) is 4.79 Å². The molecule has 8 heteroatoms. The van der Waals surface area contributed by atoms with Crippen molar-refractivity contribution in [2.24, 2.45) is 0 Å². The van der Waals surface area contributed by atoms with Crippen LogP contribution < -0.4 is 0 Å². The van der Waals surface area contributed by atoms with Crippen LogP contribution in [-0.2, 0) is 9.53 Å². The number of halogens is 1. The van der Waals surface area contributed by atoms with Crippen LogP contribution in [0.4, 0.5) is 4.79 Å². The van der Waals surface area contributed by atoms with E-state index in [1.165, 1.54) is 4.90 Å². The molecule has 0 bridgehead atoms. The van der Waals surface area contributed by atoms with Crippen molar-refractivity contribution in [3.05, 3.63) is 59.1 Å². The summed E-state index contributed by atoms with van der Waals surface area (Å²) < 4.78 is 5.37. The maximum atomic E-state index is 12.9. The second-order valence-corrected chi connectivity index (χ2v) is 8.65. The van der Waals surface area contributed by atoms with Crippen LogP contribution in [0.25, 0.3) is 11.1 Å². The van der Waals surface area contributed by atoms with Crippen molar-refractivity contribution in [1.82, 2.24) is 9.80 Å². The number of benzene rings is 2. The minimum Gasteiger partial charge on any atom is -0.444 e. The molecule has 1 atom stereocenters. The lowest BCUT2D eigenvalue weighted by molar-refractivity contribution is -0.114. The molecule has 2 aromatic rings. The van der Waals surface area contributed by atoms with Crippen LogP contribution >= 0.6 is 11.6 Å². The number of aliphatic hydroxyl groups is 1. The molecule has 1 aliphatic rings. The summed E-state index contributed by atoms with van der Waals surface area (Å²) in [6.45, 7) is 6.03. The number of rotatable bonds is 3. The Bertz CT molecular complexity index is 923. The Morgan fingerprint density at radius 2 is 1.53 bits per heavy atom. The molecule has 32 heavy (non-hydrogen) atoms. The molecule has 1 unspecified atom stereocenters. The number of piperazine rings is 1. The molecule has 1 N–H and O–H groups in total. The molecule has 2 aromatic carbocycles. The number of nitrogens with zero attached hydrogens (tertiary/aromatic N) is 2. The lowest BCUT2D eigenvalue weighted by Crippen LogP contribution is -2.58. The largest absolute Gasteiger partial charge is 0.444 e. The highest BCUT2D eigenvalue weighted by Gasteiger charge is 2.35. The molecule has 1 heterocycles. The molecule has 1 fully saturated rings. The average molecular weight is 461 g/mol. The van der Waals surface area contributed by atoms with Crippen LogP contribution in [0.2, 0.25) is 5.02 Å². The molecule has 2 amide bonds. The molecule has 0 aromatic heterocycles. The first kappa shape index (κ1) is 25.4. The average Bonchev–Trinajstić information content (AvgIpc) is 2.79. The van der Waals surface area contributed by atoms with Gasteiger partial charge in [0.15, 0.2) is 0 Å². The van der Waals surface area contributed by atoms with Crippen molar-refractivity contribution in [2.75, 3.05) is 26.7 Å². The van der Waals surface area contributed by atoms with E-state index in [1.54, 1.807) is 37.8 Å². The molecule has 0 aliphatic carbocycles. The fraction of sp³-hybridized carbons (Fsp3) is 0.375. The summed E-state index contributed by atoms with van der Waals surface area (Å²) in [5, 5.41) is 7.67. The molecule has 0 radical (unpaired) electrons. The molecular formula is C24H29ClN2O5. The first-order valence-corrected chi connectivity index (χ1v) is 10.6. The monoisotopic (exact) mass is 460 g/mol. The maximum Gasteiger partial charge on any atom is 0.411 e. The molecule has 0 spiro atoms. The molecule has 3 rings (SSSR count). The van der Waals surface area contributed by atoms with E-state index in [4.69, 9.17) is 21.4 Å². The number of carbonyl (C=O) groups excluding carboxylic acids is 3. The van der Waals surface area contributed by atoms with Crippen molar-refractivity contribution < 1.29 is 24.2 Å². The molecule has 1 aliphatic heterocycles. The predicted molar refractivity (Wildman–Crippen MR) is 124 cm³/mol. The third-order valence-corrected chi connectivity index (χ3v) is 5.05. The van der Waals surface area contributed by atoms with Gasteiger partial charge in [-0.05, 0) is 56.2 Å². The second-order valence-electron chi connectivity index (χ2n) is 8.21. The minimum absolute atomic E-state index is 0.139. The molecule has 0 saturated carbocycles. The topological polar surface area (TPSA) is 87.2 Å². The van der Waals surface area contributed by atoms with Crippen LogP contribution in [0.1, 0.15) is 31.1 Å². The fourth-order valence-corrected chi connectivity index (χ4v) is 3.41. The number of carbonyl (C=O) groups is 3. The predicted octanol–water partition coefficient (Wildman–Crippen LogP) is 3.88. The van der Waals surface area contributed by atoms with Crippen molar-refractivity contribution in [3.63, 3.8) is 0 Å². The third kappa shape index (κ3) is 6.55. The SMILES string of the molecule is CC(C)(C)OC(=O)N1CCN(C(=O)c2ccc(-c3ccc(Cl)cc3)cc2)CC1C=O.CO. The van der Waals surface area contributed by atoms with Gasteiger partial charge in [0.25, 0.3) is 5.91 Å². The van der Waals surface area contributed by atoms with Gasteiger partial charge >= 0.3 is 6.09 Å². The molecule has 7 nitrogen and oxygen atoms in total. The highest BCUT2D eigenvalue weighted by molar-refractivity contribution is 6.30. The van der Waals surface area contributed by atoms with Crippen molar-refractivity contribution in [3.8, 4) is 11.1 Å². The van der Waals surface area contributed by atoms with E-state index < -0.39 is 17.7 Å². The standard InChI is InChI=1S/C23H25ClN2O4.CH4O/c1-23(2,3)30-22(29)26-13-12-25(14-20(26)15-27)21(28)18-6-4-16(5-7-18)17-8-10-19(24)11-9-17;1-2/h4-11,15,20H,12-14H2,1-3H3;2H,1H3. The summed E-state index contributed by atoms with van der Waals surface area (Å²) in [5.74, 6) is -0.173. The van der Waals surface area contributed by atoms with E-state index >= 15 is 0 Å². The maximum absolute atomic E-state index is 12.9. The van der Waals surface area contributed by atoms with Gasteiger partial charge in [-0.15, -0.1) is 0 Å². The summed E-state index contributed by atoms with van der Waals surface area (Å²) >= 11 is 5.93. The summed E-state index contributed by atoms with van der Waals surface area (Å²) in [6, 6.07) is 14.0. The Morgan fingerprint density at radius 3 is 2.03 bits per heavy atom. The Kier molecular flexibility index (Phi) is 8.80. The number of amides is 2. The van der Waals surface area contributed by atoms with Gasteiger partial charge in [0.05, 0.1) is 0 Å². The van der Waals surface area contributed by atoms with Crippen LogP contribution in [0.3, 0.4) is 0 Å². The highest BCUT2D eigenvalue weighted by atomic mass is 35.5. The Balaban J connectivity index is 0.00000176. The van der Waals surface area contributed by atoms with Crippen molar-refractivity contribution in [1.29, 1.82) is 0 Å². The molecular weight excluding hydrogens is 432 g/mol. The quantitative estimate of drug-likeness (QED) is 0.702. The number of aliphatic hydroxyl groups excluding tert-OH is 1. The van der Waals surface area contributed by atoms with Gasteiger partial charge < -0.3 is 19.5 Å². The van der Waals surface area contributed by atoms with Gasteiger partial charge in [-0.1, -0.05) is 35.9 Å². The van der Waals surface area contributed by atoms with Crippen LogP contribution in [-0.4, -0.2) is 71.6 Å². The summed E-state index contributed by atoms with van der Waals surface area (Å²) in [6.07, 6.45) is 0.145. The number of hydrogen-bond donors (Lipinski definition) is 1. The summed E-state index contributed by atoms with van der Waals surface area (Å²) in [4.78, 5) is 39.8. The van der Waals surface area contributed by atoms with Crippen LogP contribution in [0.15, 0.2) is 48.5 Å².